The maximum absolute atomic E-state index is 6.09. The Morgan fingerprint density at radius 1 is 1.19 bits per heavy atom. The Hall–Kier alpha value is 0.440. The smallest absolute Gasteiger partial charge is 0.0578 e. The first-order valence-electron chi connectivity index (χ1n) is 6.72. The molecule has 0 heterocycles. The van der Waals surface area contributed by atoms with E-state index in [1.54, 1.807) is 0 Å². The van der Waals surface area contributed by atoms with Crippen LogP contribution in [0.25, 0.3) is 0 Å². The van der Waals surface area contributed by atoms with E-state index in [-0.39, 0.29) is 0 Å². The van der Waals surface area contributed by atoms with Crippen molar-refractivity contribution in [3.8, 4) is 0 Å². The van der Waals surface area contributed by atoms with Crippen molar-refractivity contribution in [2.24, 2.45) is 23.7 Å². The highest BCUT2D eigenvalue weighted by Gasteiger charge is 2.25. The second-order valence-corrected chi connectivity index (χ2v) is 6.53. The van der Waals surface area contributed by atoms with Crippen molar-refractivity contribution in [3.05, 3.63) is 0 Å². The molecule has 0 saturated heterocycles. The van der Waals surface area contributed by atoms with Crippen LogP contribution in [-0.2, 0) is 4.74 Å². The molecule has 0 aromatic heterocycles. The van der Waals surface area contributed by atoms with Crippen molar-refractivity contribution < 1.29 is 4.74 Å². The highest BCUT2D eigenvalue weighted by atomic mass is 79.9. The summed E-state index contributed by atoms with van der Waals surface area (Å²) >= 11 is 3.58. The van der Waals surface area contributed by atoms with Crippen molar-refractivity contribution in [2.45, 2.75) is 53.1 Å². The predicted molar refractivity (Wildman–Crippen MR) is 74.0 cm³/mol. The molecule has 0 aromatic carbocycles. The molecule has 0 bridgehead atoms. The molecule has 1 aliphatic rings. The highest BCUT2D eigenvalue weighted by molar-refractivity contribution is 9.09. The second kappa shape index (κ2) is 7.00. The van der Waals surface area contributed by atoms with Gasteiger partial charge in [-0.1, -0.05) is 43.6 Å². The highest BCUT2D eigenvalue weighted by Crippen LogP contribution is 2.31. The summed E-state index contributed by atoms with van der Waals surface area (Å²) in [4.78, 5) is 0. The minimum atomic E-state index is 0.520. The van der Waals surface area contributed by atoms with E-state index >= 15 is 0 Å². The SMILES string of the molecule is CC(C)C(CBr)COC1CCC(C)C(C)C1. The molecule has 1 rings (SSSR count). The monoisotopic (exact) mass is 290 g/mol. The third kappa shape index (κ3) is 4.37. The van der Waals surface area contributed by atoms with E-state index in [2.05, 4.69) is 43.6 Å². The van der Waals surface area contributed by atoms with Gasteiger partial charge < -0.3 is 4.74 Å². The van der Waals surface area contributed by atoms with E-state index < -0.39 is 0 Å². The molecule has 1 saturated carbocycles. The van der Waals surface area contributed by atoms with Crippen molar-refractivity contribution in [2.75, 3.05) is 11.9 Å². The third-order valence-corrected chi connectivity index (χ3v) is 5.07. The summed E-state index contributed by atoms with van der Waals surface area (Å²) in [5, 5.41) is 1.06. The van der Waals surface area contributed by atoms with Gasteiger partial charge in [-0.05, 0) is 42.9 Å². The number of rotatable bonds is 5. The molecule has 0 aliphatic heterocycles. The van der Waals surface area contributed by atoms with Crippen LogP contribution in [0.2, 0.25) is 0 Å². The minimum Gasteiger partial charge on any atom is -0.378 e. The molecule has 0 aromatic rings. The summed E-state index contributed by atoms with van der Waals surface area (Å²) < 4.78 is 6.09. The largest absolute Gasteiger partial charge is 0.378 e. The van der Waals surface area contributed by atoms with Crippen LogP contribution in [0.3, 0.4) is 0 Å². The number of halogens is 1. The zero-order valence-corrected chi connectivity index (χ0v) is 12.8. The van der Waals surface area contributed by atoms with Crippen molar-refractivity contribution >= 4 is 15.9 Å². The van der Waals surface area contributed by atoms with Crippen LogP contribution in [-0.4, -0.2) is 18.0 Å². The van der Waals surface area contributed by atoms with Crippen LogP contribution in [0.1, 0.15) is 47.0 Å². The van der Waals surface area contributed by atoms with Crippen LogP contribution in [0.5, 0.6) is 0 Å². The molecule has 96 valence electrons. The molecule has 4 atom stereocenters. The first-order valence-corrected chi connectivity index (χ1v) is 7.84. The van der Waals surface area contributed by atoms with Crippen LogP contribution in [0.15, 0.2) is 0 Å². The Morgan fingerprint density at radius 2 is 1.88 bits per heavy atom. The summed E-state index contributed by atoms with van der Waals surface area (Å²) in [7, 11) is 0. The Bertz CT molecular complexity index is 193. The molecule has 0 N–H and O–H groups in total. The summed E-state index contributed by atoms with van der Waals surface area (Å²) in [6.45, 7) is 10.2. The number of hydrogen-bond acceptors (Lipinski definition) is 1. The van der Waals surface area contributed by atoms with Crippen LogP contribution in [0.4, 0.5) is 0 Å². The van der Waals surface area contributed by atoms with Crippen LogP contribution >= 0.6 is 15.9 Å². The molecule has 16 heavy (non-hydrogen) atoms. The van der Waals surface area contributed by atoms with Gasteiger partial charge in [0.1, 0.15) is 0 Å². The van der Waals surface area contributed by atoms with Gasteiger partial charge in [0.15, 0.2) is 0 Å². The van der Waals surface area contributed by atoms with Gasteiger partial charge in [-0.3, -0.25) is 0 Å². The molecule has 1 aliphatic carbocycles. The average Bonchev–Trinajstić information content (AvgIpc) is 2.23. The number of alkyl halides is 1. The van der Waals surface area contributed by atoms with E-state index in [4.69, 9.17) is 4.74 Å². The molecular weight excluding hydrogens is 264 g/mol. The zero-order valence-electron chi connectivity index (χ0n) is 11.2. The quantitative estimate of drug-likeness (QED) is 0.678. The second-order valence-electron chi connectivity index (χ2n) is 5.88. The first kappa shape index (κ1) is 14.5. The lowest BCUT2D eigenvalue weighted by atomic mass is 9.80. The van der Waals surface area contributed by atoms with Crippen molar-refractivity contribution in [1.82, 2.24) is 0 Å². The Morgan fingerprint density at radius 3 is 2.38 bits per heavy atom. The summed E-state index contributed by atoms with van der Waals surface area (Å²) in [6.07, 6.45) is 4.38. The topological polar surface area (TPSA) is 9.23 Å². The van der Waals surface area contributed by atoms with E-state index in [1.165, 1.54) is 19.3 Å². The third-order valence-electron chi connectivity index (χ3n) is 4.24. The van der Waals surface area contributed by atoms with E-state index in [0.717, 1.165) is 23.8 Å². The molecule has 0 amide bonds. The van der Waals surface area contributed by atoms with E-state index in [0.29, 0.717) is 17.9 Å². The van der Waals surface area contributed by atoms with Gasteiger partial charge in [-0.2, -0.15) is 0 Å². The predicted octanol–water partition coefficient (Wildman–Crippen LogP) is 4.49. The van der Waals surface area contributed by atoms with Crippen molar-refractivity contribution in [3.63, 3.8) is 0 Å². The maximum atomic E-state index is 6.09. The number of ether oxygens (including phenoxy) is 1. The lowest BCUT2D eigenvalue weighted by Gasteiger charge is -2.33. The zero-order chi connectivity index (χ0) is 12.1. The van der Waals surface area contributed by atoms with Gasteiger partial charge in [-0.15, -0.1) is 0 Å². The fourth-order valence-corrected chi connectivity index (χ4v) is 3.26. The summed E-state index contributed by atoms with van der Waals surface area (Å²) in [6, 6.07) is 0. The Balaban J connectivity index is 2.27. The summed E-state index contributed by atoms with van der Waals surface area (Å²) in [5.41, 5.74) is 0. The molecule has 1 fully saturated rings. The fourth-order valence-electron chi connectivity index (χ4n) is 2.32. The lowest BCUT2D eigenvalue weighted by Crippen LogP contribution is -2.29. The molecular formula is C14H27BrO. The maximum Gasteiger partial charge on any atom is 0.0578 e. The molecule has 4 unspecified atom stereocenters. The summed E-state index contributed by atoms with van der Waals surface area (Å²) in [5.74, 6) is 3.09. The van der Waals surface area contributed by atoms with Gasteiger partial charge in [0.05, 0.1) is 12.7 Å². The molecule has 0 spiro atoms. The van der Waals surface area contributed by atoms with Crippen LogP contribution < -0.4 is 0 Å². The lowest BCUT2D eigenvalue weighted by molar-refractivity contribution is -0.0167. The molecule has 1 nitrogen and oxygen atoms in total. The fraction of sp³-hybridized carbons (Fsp3) is 1.00. The van der Waals surface area contributed by atoms with Gasteiger partial charge in [-0.25, -0.2) is 0 Å². The van der Waals surface area contributed by atoms with E-state index in [9.17, 15) is 0 Å². The first-order chi connectivity index (χ1) is 7.54. The van der Waals surface area contributed by atoms with Gasteiger partial charge in [0.2, 0.25) is 0 Å². The standard InChI is InChI=1S/C14H27BrO/c1-10(2)13(8-15)9-16-14-6-5-11(3)12(4)7-14/h10-14H,5-9H2,1-4H3. The number of hydrogen-bond donors (Lipinski definition) is 0. The average molecular weight is 291 g/mol. The van der Waals surface area contributed by atoms with Crippen molar-refractivity contribution in [1.29, 1.82) is 0 Å². The van der Waals surface area contributed by atoms with Gasteiger partial charge >= 0.3 is 0 Å². The van der Waals surface area contributed by atoms with Crippen LogP contribution in [0, 0.1) is 23.7 Å². The van der Waals surface area contributed by atoms with Gasteiger partial charge in [0, 0.05) is 5.33 Å². The Labute approximate surface area is 109 Å². The minimum absolute atomic E-state index is 0.520. The molecule has 0 radical (unpaired) electrons. The molecule has 2 heteroatoms. The normalized spacial score (nSPS) is 33.0. The Kier molecular flexibility index (Phi) is 6.35. The van der Waals surface area contributed by atoms with Gasteiger partial charge in [0.25, 0.3) is 0 Å². The van der Waals surface area contributed by atoms with E-state index in [1.807, 2.05) is 0 Å².